The van der Waals surface area contributed by atoms with E-state index in [9.17, 15) is 9.90 Å². The predicted octanol–water partition coefficient (Wildman–Crippen LogP) is 4.24. The van der Waals surface area contributed by atoms with Gasteiger partial charge in [0.25, 0.3) is 0 Å². The number of ether oxygens (including phenoxy) is 2. The van der Waals surface area contributed by atoms with Crippen molar-refractivity contribution in [2.45, 2.75) is 110 Å². The molecule has 0 aliphatic carbocycles. The molecule has 0 radical (unpaired) electrons. The monoisotopic (exact) mass is 374 g/mol. The Morgan fingerprint density at radius 2 is 1.92 bits per heavy atom. The summed E-state index contributed by atoms with van der Waals surface area (Å²) < 4.78 is 18.1. The lowest BCUT2D eigenvalue weighted by Crippen LogP contribution is -2.57. The molecular formula is C19H38O5Si. The van der Waals surface area contributed by atoms with Gasteiger partial charge >= 0.3 is 5.97 Å². The molecule has 0 aromatic rings. The lowest BCUT2D eigenvalue weighted by atomic mass is 9.75. The third-order valence-corrected chi connectivity index (χ3v) is 10.4. The molecular weight excluding hydrogens is 336 g/mol. The first kappa shape index (κ1) is 22.6. The maximum Gasteiger partial charge on any atom is 0.304 e. The molecule has 6 heteroatoms. The highest BCUT2D eigenvalue weighted by Gasteiger charge is 2.50. The van der Waals surface area contributed by atoms with Crippen molar-refractivity contribution in [2.24, 2.45) is 5.41 Å². The normalized spacial score (nSPS) is 28.5. The molecule has 25 heavy (non-hydrogen) atoms. The number of hydrogen-bond donors (Lipinski definition) is 1. The standard InChI is InChI=1S/C19H38O5Si/c1-10-14(21)11-15-19(6,7)16(12-17(23-15)22-13(2)20)24-25(8,9)18(3,4)5/h14-17,21H,10-12H2,1-9H3/t14?,15-,16-,17?/m1/s1. The van der Waals surface area contributed by atoms with Gasteiger partial charge in [-0.05, 0) is 24.6 Å². The Bertz CT molecular complexity index is 455. The van der Waals surface area contributed by atoms with E-state index in [0.29, 0.717) is 19.3 Å². The lowest BCUT2D eigenvalue weighted by molar-refractivity contribution is -0.252. The van der Waals surface area contributed by atoms with Crippen molar-refractivity contribution in [2.75, 3.05) is 0 Å². The zero-order valence-corrected chi connectivity index (χ0v) is 18.5. The van der Waals surface area contributed by atoms with Crippen molar-refractivity contribution in [1.82, 2.24) is 0 Å². The first-order chi connectivity index (χ1) is 11.2. The number of esters is 1. The first-order valence-corrected chi connectivity index (χ1v) is 12.3. The second-order valence-corrected chi connectivity index (χ2v) is 14.1. The van der Waals surface area contributed by atoms with E-state index in [2.05, 4.69) is 47.7 Å². The van der Waals surface area contributed by atoms with Crippen molar-refractivity contribution in [3.05, 3.63) is 0 Å². The Hall–Kier alpha value is -0.433. The predicted molar refractivity (Wildman–Crippen MR) is 102 cm³/mol. The molecule has 0 spiro atoms. The lowest BCUT2D eigenvalue weighted by Gasteiger charge is -2.51. The zero-order valence-electron chi connectivity index (χ0n) is 17.5. The van der Waals surface area contributed by atoms with Gasteiger partial charge in [0, 0.05) is 25.2 Å². The van der Waals surface area contributed by atoms with Gasteiger partial charge in [-0.2, -0.15) is 0 Å². The molecule has 2 unspecified atom stereocenters. The van der Waals surface area contributed by atoms with Crippen LogP contribution in [-0.4, -0.2) is 44.0 Å². The summed E-state index contributed by atoms with van der Waals surface area (Å²) >= 11 is 0. The number of aliphatic hydroxyl groups is 1. The van der Waals surface area contributed by atoms with Crippen LogP contribution in [0.15, 0.2) is 0 Å². The van der Waals surface area contributed by atoms with Crippen molar-refractivity contribution in [1.29, 1.82) is 0 Å². The van der Waals surface area contributed by atoms with E-state index < -0.39 is 20.7 Å². The van der Waals surface area contributed by atoms with E-state index in [0.717, 1.165) is 0 Å². The average Bonchev–Trinajstić information content (AvgIpc) is 2.41. The van der Waals surface area contributed by atoms with E-state index >= 15 is 0 Å². The summed E-state index contributed by atoms with van der Waals surface area (Å²) in [7, 11) is -1.99. The van der Waals surface area contributed by atoms with Gasteiger partial charge in [-0.1, -0.05) is 41.5 Å². The molecule has 1 saturated heterocycles. The first-order valence-electron chi connectivity index (χ1n) is 9.39. The minimum Gasteiger partial charge on any atom is -0.436 e. The molecule has 0 saturated carbocycles. The van der Waals surface area contributed by atoms with Crippen molar-refractivity contribution in [3.8, 4) is 0 Å². The zero-order chi connectivity index (χ0) is 19.6. The molecule has 1 heterocycles. The molecule has 1 rings (SSSR count). The van der Waals surface area contributed by atoms with Crippen LogP contribution in [0.25, 0.3) is 0 Å². The van der Waals surface area contributed by atoms with Crippen LogP contribution in [0.3, 0.4) is 0 Å². The van der Waals surface area contributed by atoms with Crippen LogP contribution in [-0.2, 0) is 18.7 Å². The Labute approximate surface area is 154 Å². The Morgan fingerprint density at radius 1 is 1.36 bits per heavy atom. The van der Waals surface area contributed by atoms with Gasteiger partial charge in [0.05, 0.1) is 18.3 Å². The highest BCUT2D eigenvalue weighted by atomic mass is 28.4. The summed E-state index contributed by atoms with van der Waals surface area (Å²) in [5.74, 6) is -0.356. The summed E-state index contributed by atoms with van der Waals surface area (Å²) in [6.07, 6.45) is 0.345. The highest BCUT2D eigenvalue weighted by molar-refractivity contribution is 6.74. The van der Waals surface area contributed by atoms with Gasteiger partial charge in [-0.25, -0.2) is 0 Å². The molecule has 148 valence electrons. The van der Waals surface area contributed by atoms with E-state index in [4.69, 9.17) is 13.9 Å². The highest BCUT2D eigenvalue weighted by Crippen LogP contribution is 2.45. The fourth-order valence-electron chi connectivity index (χ4n) is 2.87. The van der Waals surface area contributed by atoms with Gasteiger partial charge in [0.15, 0.2) is 8.32 Å². The molecule has 1 fully saturated rings. The van der Waals surface area contributed by atoms with E-state index in [-0.39, 0.29) is 28.6 Å². The smallest absolute Gasteiger partial charge is 0.304 e. The minimum atomic E-state index is -1.99. The minimum absolute atomic E-state index is 0.0828. The summed E-state index contributed by atoms with van der Waals surface area (Å²) in [4.78, 5) is 11.4. The summed E-state index contributed by atoms with van der Waals surface area (Å²) in [6, 6.07) is 0. The third-order valence-electron chi connectivity index (χ3n) is 5.88. The summed E-state index contributed by atoms with van der Waals surface area (Å²) in [5, 5.41) is 10.2. The van der Waals surface area contributed by atoms with Crippen LogP contribution in [0.4, 0.5) is 0 Å². The number of carbonyl (C=O) groups excluding carboxylic acids is 1. The molecule has 4 atom stereocenters. The van der Waals surface area contributed by atoms with E-state index in [1.807, 2.05) is 6.92 Å². The largest absolute Gasteiger partial charge is 0.436 e. The molecule has 0 bridgehead atoms. The fourth-order valence-corrected chi connectivity index (χ4v) is 4.33. The molecule has 0 aromatic heterocycles. The van der Waals surface area contributed by atoms with Gasteiger partial charge in [-0.15, -0.1) is 0 Å². The SMILES string of the molecule is CCC(O)C[C@H]1OC(OC(C)=O)C[C@@H](O[Si](C)(C)C(C)(C)C)C1(C)C. The Kier molecular flexibility index (Phi) is 7.30. The Morgan fingerprint density at radius 3 is 2.36 bits per heavy atom. The molecule has 0 aromatic carbocycles. The van der Waals surface area contributed by atoms with Gasteiger partial charge in [0.2, 0.25) is 6.29 Å². The van der Waals surface area contributed by atoms with Gasteiger partial charge < -0.3 is 19.0 Å². The summed E-state index contributed by atoms with van der Waals surface area (Å²) in [5.41, 5.74) is -0.275. The second kappa shape index (κ2) is 8.07. The van der Waals surface area contributed by atoms with Crippen molar-refractivity contribution in [3.63, 3.8) is 0 Å². The molecule has 5 nitrogen and oxygen atoms in total. The van der Waals surface area contributed by atoms with E-state index in [1.165, 1.54) is 6.92 Å². The topological polar surface area (TPSA) is 65.0 Å². The Balaban J connectivity index is 3.07. The number of rotatable bonds is 6. The van der Waals surface area contributed by atoms with Crippen LogP contribution >= 0.6 is 0 Å². The quantitative estimate of drug-likeness (QED) is 0.556. The summed E-state index contributed by atoms with van der Waals surface area (Å²) in [6.45, 7) is 18.7. The average molecular weight is 375 g/mol. The van der Waals surface area contributed by atoms with Crippen molar-refractivity contribution >= 4 is 14.3 Å². The number of aliphatic hydroxyl groups excluding tert-OH is 1. The second-order valence-electron chi connectivity index (χ2n) is 9.39. The van der Waals surface area contributed by atoms with Crippen LogP contribution in [0, 0.1) is 5.41 Å². The molecule has 1 aliphatic heterocycles. The van der Waals surface area contributed by atoms with E-state index in [1.54, 1.807) is 0 Å². The van der Waals surface area contributed by atoms with Crippen LogP contribution in [0.5, 0.6) is 0 Å². The molecule has 0 amide bonds. The molecule has 1 aliphatic rings. The van der Waals surface area contributed by atoms with Crippen LogP contribution in [0.1, 0.15) is 67.7 Å². The van der Waals surface area contributed by atoms with Crippen LogP contribution < -0.4 is 0 Å². The number of carbonyl (C=O) groups is 1. The third kappa shape index (κ3) is 5.78. The maximum atomic E-state index is 11.4. The van der Waals surface area contributed by atoms with Crippen LogP contribution in [0.2, 0.25) is 18.1 Å². The van der Waals surface area contributed by atoms with Crippen molar-refractivity contribution < 1.29 is 23.8 Å². The maximum absolute atomic E-state index is 11.4. The fraction of sp³-hybridized carbons (Fsp3) is 0.947. The van der Waals surface area contributed by atoms with Gasteiger partial charge in [0.1, 0.15) is 0 Å². The number of hydrogen-bond acceptors (Lipinski definition) is 5. The molecule has 1 N–H and O–H groups in total. The van der Waals surface area contributed by atoms with Gasteiger partial charge in [-0.3, -0.25) is 4.79 Å².